The molecule has 7 N–H and O–H groups in total. The molecule has 2 aromatic carbocycles. The van der Waals surface area contributed by atoms with Crippen LogP contribution in [0, 0.1) is 24.7 Å². The second-order valence-electron chi connectivity index (χ2n) is 23.6. The van der Waals surface area contributed by atoms with E-state index in [4.69, 9.17) is 36.3 Å². The number of halogens is 2. The number of anilines is 1. The number of aryl methyl sites for hydroxylation is 1. The molecule has 2 aromatic rings. The molecule has 4 bridgehead atoms. The molecule has 0 aromatic heterocycles. The number of rotatable bonds is 26. The van der Waals surface area contributed by atoms with Gasteiger partial charge in [-0.15, -0.1) is 0 Å². The van der Waals surface area contributed by atoms with Crippen LogP contribution in [0.1, 0.15) is 139 Å². The average Bonchev–Trinajstić information content (AvgIpc) is 2.14. The number of nitrogens with one attached hydrogen (secondary N) is 3. The van der Waals surface area contributed by atoms with Gasteiger partial charge in [-0.1, -0.05) is 104 Å². The number of alkyl carbamates (subject to hydrolysis) is 1. The number of ketones is 3. The minimum atomic E-state index is -1.91. The summed E-state index contributed by atoms with van der Waals surface area (Å²) < 4.78 is 23.9. The maximum atomic E-state index is 14.5. The smallest absolute Gasteiger partial charge is 0.409 e. The molecule has 23 heteroatoms. The molecule has 3 aliphatic heterocycles. The fourth-order valence-corrected chi connectivity index (χ4v) is 11.4. The zero-order chi connectivity index (χ0) is 64.0. The summed E-state index contributed by atoms with van der Waals surface area (Å²) in [6.07, 6.45) is 3.51. The van der Waals surface area contributed by atoms with Crippen molar-refractivity contribution >= 4 is 86.4 Å². The fraction of sp³-hybridized carbons (Fsp3) is 0.571. The molecule has 86 heavy (non-hydrogen) atoms. The Morgan fingerprint density at radius 1 is 1.03 bits per heavy atom. The number of carbonyl (C=O) groups is 9. The molecule has 0 spiro atoms. The van der Waals surface area contributed by atoms with Crippen LogP contribution in [-0.2, 0) is 60.6 Å². The number of nitrogens with zero attached hydrogens (tertiary/aromatic N) is 2. The van der Waals surface area contributed by atoms with Crippen LogP contribution in [0.25, 0.3) is 0 Å². The molecule has 2 fully saturated rings. The number of alkyl halides is 1. The van der Waals surface area contributed by atoms with E-state index < -0.39 is 113 Å². The number of amides is 6. The summed E-state index contributed by atoms with van der Waals surface area (Å²) >= 11 is 10.1. The van der Waals surface area contributed by atoms with Crippen LogP contribution >= 0.6 is 27.5 Å². The van der Waals surface area contributed by atoms with Gasteiger partial charge in [-0.3, -0.25) is 34.1 Å². The molecule has 0 unspecified atom stereocenters. The number of hydrogen-bond donors (Lipinski definition) is 6. The first-order valence-corrected chi connectivity index (χ1v) is 30.7. The Balaban J connectivity index is 1.31. The molecule has 0 saturated carbocycles. The van der Waals surface area contributed by atoms with E-state index in [0.717, 1.165) is 34.9 Å². The van der Waals surface area contributed by atoms with Crippen molar-refractivity contribution in [3.63, 3.8) is 0 Å². The molecule has 3 aliphatic rings. The number of primary amides is 1. The van der Waals surface area contributed by atoms with Crippen LogP contribution in [0.15, 0.2) is 66.3 Å². The van der Waals surface area contributed by atoms with E-state index in [1.165, 1.54) is 38.1 Å². The van der Waals surface area contributed by atoms with E-state index in [2.05, 4.69) is 38.5 Å². The predicted molar refractivity (Wildman–Crippen MR) is 328 cm³/mol. The lowest BCUT2D eigenvalue weighted by Crippen LogP contribution is -2.63. The summed E-state index contributed by atoms with van der Waals surface area (Å²) in [6.45, 7) is 16.0. The summed E-state index contributed by atoms with van der Waals surface area (Å²) in [5, 5.41) is 31.8. The number of unbranched alkanes of at least 4 members (excludes halogenated alkanes) is 3. The number of phenols is 1. The summed E-state index contributed by atoms with van der Waals surface area (Å²) in [4.78, 5) is 123. The Hall–Kier alpha value is -6.46. The molecule has 3 heterocycles. The first-order chi connectivity index (χ1) is 40.4. The second kappa shape index (κ2) is 31.4. The fourth-order valence-electron chi connectivity index (χ4n) is 10.9. The van der Waals surface area contributed by atoms with Crippen molar-refractivity contribution in [1.29, 1.82) is 0 Å². The number of Topliss-reactive ketones (excluding diaryl/α,β-unsaturated/α-hetero) is 3. The van der Waals surface area contributed by atoms with Gasteiger partial charge in [0.1, 0.15) is 41.5 Å². The van der Waals surface area contributed by atoms with Crippen molar-refractivity contribution in [2.24, 2.45) is 23.5 Å². The van der Waals surface area contributed by atoms with Crippen molar-refractivity contribution in [3.8, 4) is 5.75 Å². The number of carbonyl (C=O) groups excluding carboxylic acids is 9. The first kappa shape index (κ1) is 70.3. The number of benzene rings is 2. The number of epoxide rings is 1. The molecule has 472 valence electrons. The van der Waals surface area contributed by atoms with E-state index >= 15 is 0 Å². The Labute approximate surface area is 517 Å². The van der Waals surface area contributed by atoms with Crippen LogP contribution in [0.5, 0.6) is 5.75 Å². The van der Waals surface area contributed by atoms with Crippen molar-refractivity contribution in [2.45, 2.75) is 180 Å². The van der Waals surface area contributed by atoms with E-state index in [9.17, 15) is 53.4 Å². The van der Waals surface area contributed by atoms with Gasteiger partial charge >= 0.3 is 18.1 Å². The lowest BCUT2D eigenvalue weighted by Gasteiger charge is -2.42. The van der Waals surface area contributed by atoms with E-state index in [1.807, 2.05) is 26.0 Å². The topological polar surface area (TPSA) is 303 Å². The van der Waals surface area contributed by atoms with Gasteiger partial charge < -0.3 is 55.3 Å². The summed E-state index contributed by atoms with van der Waals surface area (Å²) in [6, 6.07) is 4.45. The van der Waals surface area contributed by atoms with E-state index in [1.54, 1.807) is 53.0 Å². The highest BCUT2D eigenvalue weighted by Crippen LogP contribution is 2.49. The first-order valence-electron chi connectivity index (χ1n) is 29.2. The number of fused-ring (bicyclic) bond motifs is 5. The minimum absolute atomic E-state index is 0.00456. The number of esters is 1. The minimum Gasteiger partial charge on any atom is -0.508 e. The summed E-state index contributed by atoms with van der Waals surface area (Å²) in [5.41, 5.74) is 5.46. The second-order valence-corrected chi connectivity index (χ2v) is 24.5. The van der Waals surface area contributed by atoms with Gasteiger partial charge in [-0.05, 0) is 101 Å². The third-order valence-electron chi connectivity index (χ3n) is 16.6. The SMILES string of the molecule is C=C(CBr)C(=O)CCCCCCC(=O)C[C@H](C(=O)N[C@@H](CCCNC(N)=O)C(=O)Cc1ccc(C(=O)N(C)[C@@H](C)C(=O)O[C@H]2CC(=O)N(C)c3cc(cc(C)c3Cl)C/C(C)=C/C=C/[C@@H](OC)[C@@]3(O)C[C@H](OC(=O)N3)[C@@H](C)[C@@H]3O[C@@]23C)cc1O)C(C)C. The lowest BCUT2D eigenvalue weighted by atomic mass is 9.83. The van der Waals surface area contributed by atoms with E-state index in [-0.39, 0.29) is 73.7 Å². The zero-order valence-electron chi connectivity index (χ0n) is 51.1. The molecular weight excluding hydrogens is 1200 g/mol. The van der Waals surface area contributed by atoms with Crippen LogP contribution in [-0.4, -0.2) is 149 Å². The number of aromatic hydroxyl groups is 1. The van der Waals surface area contributed by atoms with Crippen molar-refractivity contribution in [1.82, 2.24) is 20.9 Å². The Bertz CT molecular complexity index is 2930. The van der Waals surface area contributed by atoms with Gasteiger partial charge in [0.2, 0.25) is 11.8 Å². The number of allylic oxidation sites excluding steroid dienone is 4. The van der Waals surface area contributed by atoms with Crippen LogP contribution in [0.3, 0.4) is 0 Å². The molecule has 5 rings (SSSR count). The largest absolute Gasteiger partial charge is 0.508 e. The summed E-state index contributed by atoms with van der Waals surface area (Å²) in [5.74, 6) is -5.33. The van der Waals surface area contributed by atoms with Crippen molar-refractivity contribution in [2.75, 3.05) is 38.0 Å². The van der Waals surface area contributed by atoms with Gasteiger partial charge in [0.25, 0.3) is 5.91 Å². The maximum absolute atomic E-state index is 14.5. The highest BCUT2D eigenvalue weighted by Gasteiger charge is 2.64. The molecule has 21 nitrogen and oxygen atoms in total. The third-order valence-corrected chi connectivity index (χ3v) is 17.7. The Morgan fingerprint density at radius 3 is 2.36 bits per heavy atom. The quantitative estimate of drug-likeness (QED) is 0.0171. The molecule has 2 saturated heterocycles. The maximum Gasteiger partial charge on any atom is 0.409 e. The van der Waals surface area contributed by atoms with Gasteiger partial charge in [0.05, 0.1) is 29.3 Å². The van der Waals surface area contributed by atoms with Crippen LogP contribution in [0.4, 0.5) is 15.3 Å². The standard InChI is InChI=1S/C63H86BrClN6O15/c1-35(2)45(31-44(72)19-14-12-13-15-21-48(73)38(5)34-64)57(77)68-46(20-17-25-67-60(66)80)50(75)29-42-23-24-43(30-49(42)74)58(78)70(9)40(7)59(79)85-53-32-54(76)71(10)47-28-41(27-37(4)55(47)65)26-36(3)18-16-22-52(83-11)63(82)33-51(84-61(81)69-63)39(6)56-62(53,8)86-56/h16,18,22-24,27-28,30,35,39-40,45-46,51-53,56,74,82H,5,12-15,17,19-21,25-26,29,31-34H2,1-4,6-11H3,(H,68,77)(H,69,81)(H3,66,67,80)/b22-16+,36-18+/t39-,40+,45+,46+,51+,52-,53+,56+,62+,63+/m1/s1. The molecule has 0 aliphatic carbocycles. The van der Waals surface area contributed by atoms with Gasteiger partial charge in [-0.25, -0.2) is 14.4 Å². The van der Waals surface area contributed by atoms with Crippen LogP contribution < -0.4 is 26.6 Å². The zero-order valence-corrected chi connectivity index (χ0v) is 53.4. The number of likely N-dealkylation sites (N-methyl/N-ethyl adjacent to an activating group) is 1. The number of methoxy groups -OCH3 is 1. The van der Waals surface area contributed by atoms with Gasteiger partial charge in [0.15, 0.2) is 17.3 Å². The Kier molecular flexibility index (Phi) is 25.7. The molecular formula is C63H86BrClN6O15. The third kappa shape index (κ3) is 18.8. The molecule has 6 amide bonds. The number of urea groups is 1. The number of ether oxygens (including phenoxy) is 4. The van der Waals surface area contributed by atoms with Crippen molar-refractivity contribution in [3.05, 3.63) is 93.6 Å². The van der Waals surface area contributed by atoms with E-state index in [0.29, 0.717) is 52.9 Å². The van der Waals surface area contributed by atoms with Gasteiger partial charge in [-0.2, -0.15) is 0 Å². The van der Waals surface area contributed by atoms with Gasteiger partial charge in [0, 0.05) is 88.1 Å². The number of hydrogen-bond acceptors (Lipinski definition) is 15. The molecule has 0 radical (unpaired) electrons. The number of phenolic OH excluding ortho intramolecular Hbond substituents is 1. The number of nitrogens with two attached hydrogens (primary N) is 1. The predicted octanol–water partition coefficient (Wildman–Crippen LogP) is 7.97. The van der Waals surface area contributed by atoms with Crippen LogP contribution in [0.2, 0.25) is 5.02 Å². The summed E-state index contributed by atoms with van der Waals surface area (Å²) in [7, 11) is 4.32. The average molecular weight is 1280 g/mol. The number of aliphatic hydroxyl groups is 1. The highest BCUT2D eigenvalue weighted by molar-refractivity contribution is 9.09. The highest BCUT2D eigenvalue weighted by atomic mass is 79.9. The van der Waals surface area contributed by atoms with Crippen molar-refractivity contribution < 1.29 is 72.3 Å². The lowest BCUT2D eigenvalue weighted by molar-refractivity contribution is -0.158. The monoisotopic (exact) mass is 1280 g/mol. The molecule has 10 atom stereocenters. The normalized spacial score (nSPS) is 24.3. The Morgan fingerprint density at radius 2 is 1.72 bits per heavy atom.